The summed E-state index contributed by atoms with van der Waals surface area (Å²) in [5.41, 5.74) is 0.876. The van der Waals surface area contributed by atoms with Crippen molar-refractivity contribution in [2.24, 2.45) is 0 Å². The Bertz CT molecular complexity index is 458. The van der Waals surface area contributed by atoms with Gasteiger partial charge in [0.05, 0.1) is 6.10 Å². The summed E-state index contributed by atoms with van der Waals surface area (Å²) >= 11 is 6.02. The number of hydrogen-bond donors (Lipinski definition) is 1. The van der Waals surface area contributed by atoms with E-state index in [-0.39, 0.29) is 12.6 Å². The molecule has 0 atom stereocenters. The smallest absolute Gasteiger partial charge is 0.323 e. The minimum Gasteiger partial charge on any atom is -0.480 e. The Morgan fingerprint density at radius 2 is 2.10 bits per heavy atom. The molecule has 0 bridgehead atoms. The first kappa shape index (κ1) is 15.1. The average molecular weight is 298 g/mol. The van der Waals surface area contributed by atoms with Crippen LogP contribution < -0.4 is 4.90 Å². The minimum atomic E-state index is -0.821. The van der Waals surface area contributed by atoms with Crippen molar-refractivity contribution in [2.45, 2.75) is 37.8 Å². The molecule has 0 saturated heterocycles. The van der Waals surface area contributed by atoms with Crippen molar-refractivity contribution in [3.8, 4) is 0 Å². The van der Waals surface area contributed by atoms with E-state index in [0.29, 0.717) is 11.1 Å². The largest absolute Gasteiger partial charge is 0.480 e. The highest BCUT2D eigenvalue weighted by atomic mass is 35.5. The monoisotopic (exact) mass is 297 g/mol. The van der Waals surface area contributed by atoms with Crippen LogP contribution in [0, 0.1) is 0 Å². The second-order valence-corrected chi connectivity index (χ2v) is 5.60. The van der Waals surface area contributed by atoms with Crippen LogP contribution in [0.5, 0.6) is 0 Å². The number of nitrogens with zero attached hydrogens (tertiary/aromatic N) is 1. The number of rotatable bonds is 5. The summed E-state index contributed by atoms with van der Waals surface area (Å²) in [4.78, 5) is 13.1. The number of aliphatic carboxylic acids is 1. The number of hydrogen-bond acceptors (Lipinski definition) is 3. The van der Waals surface area contributed by atoms with Gasteiger partial charge in [-0.1, -0.05) is 17.7 Å². The van der Waals surface area contributed by atoms with Gasteiger partial charge in [0.2, 0.25) is 0 Å². The van der Waals surface area contributed by atoms with Crippen molar-refractivity contribution in [1.29, 1.82) is 0 Å². The molecule has 0 aliphatic heterocycles. The predicted octanol–water partition coefficient (Wildman–Crippen LogP) is 3.19. The van der Waals surface area contributed by atoms with Crippen molar-refractivity contribution in [2.75, 3.05) is 18.6 Å². The van der Waals surface area contributed by atoms with Gasteiger partial charge in [-0.3, -0.25) is 4.79 Å². The lowest BCUT2D eigenvalue weighted by Crippen LogP contribution is -2.42. The standard InChI is InChI=1S/C15H20ClNO3/c1-20-14-7-5-12(6-8-14)17(10-15(18)19)13-4-2-3-11(16)9-13/h2-4,9,12,14H,5-8,10H2,1H3,(H,18,19). The quantitative estimate of drug-likeness (QED) is 0.907. The number of ether oxygens (including phenoxy) is 1. The van der Waals surface area contributed by atoms with Gasteiger partial charge in [-0.05, 0) is 43.9 Å². The van der Waals surface area contributed by atoms with Gasteiger partial charge in [0.1, 0.15) is 6.54 Å². The molecule has 2 rings (SSSR count). The van der Waals surface area contributed by atoms with Gasteiger partial charge in [0.25, 0.3) is 0 Å². The molecule has 0 aromatic heterocycles. The number of anilines is 1. The van der Waals surface area contributed by atoms with E-state index >= 15 is 0 Å². The van der Waals surface area contributed by atoms with E-state index in [1.807, 2.05) is 23.1 Å². The van der Waals surface area contributed by atoms with Gasteiger partial charge in [-0.2, -0.15) is 0 Å². The van der Waals surface area contributed by atoms with Crippen LogP contribution in [0.25, 0.3) is 0 Å². The van der Waals surface area contributed by atoms with Crippen LogP contribution in [-0.2, 0) is 9.53 Å². The molecule has 4 nitrogen and oxygen atoms in total. The molecule has 5 heteroatoms. The lowest BCUT2D eigenvalue weighted by atomic mass is 9.91. The topological polar surface area (TPSA) is 49.8 Å². The van der Waals surface area contributed by atoms with Crippen molar-refractivity contribution < 1.29 is 14.6 Å². The number of carboxylic acids is 1. The summed E-state index contributed by atoms with van der Waals surface area (Å²) in [6, 6.07) is 7.62. The van der Waals surface area contributed by atoms with Crippen LogP contribution in [-0.4, -0.2) is 36.9 Å². The van der Waals surface area contributed by atoms with E-state index in [2.05, 4.69) is 0 Å². The fourth-order valence-electron chi connectivity index (χ4n) is 2.82. The normalized spacial score (nSPS) is 22.5. The number of carboxylic acid groups (broad SMARTS) is 1. The summed E-state index contributed by atoms with van der Waals surface area (Å²) in [6.07, 6.45) is 4.13. The molecule has 1 fully saturated rings. The second kappa shape index (κ2) is 6.95. The van der Waals surface area contributed by atoms with Crippen LogP contribution in [0.3, 0.4) is 0 Å². The Hall–Kier alpha value is -1.26. The Morgan fingerprint density at radius 1 is 1.40 bits per heavy atom. The molecule has 110 valence electrons. The highest BCUT2D eigenvalue weighted by molar-refractivity contribution is 6.30. The van der Waals surface area contributed by atoms with Crippen LogP contribution in [0.1, 0.15) is 25.7 Å². The van der Waals surface area contributed by atoms with Crippen molar-refractivity contribution >= 4 is 23.3 Å². The van der Waals surface area contributed by atoms with E-state index < -0.39 is 5.97 Å². The maximum Gasteiger partial charge on any atom is 0.323 e. The Balaban J connectivity index is 2.14. The fraction of sp³-hybridized carbons (Fsp3) is 0.533. The summed E-state index contributed by atoms with van der Waals surface area (Å²) in [5, 5.41) is 9.77. The number of methoxy groups -OCH3 is 1. The van der Waals surface area contributed by atoms with Gasteiger partial charge in [-0.15, -0.1) is 0 Å². The first-order valence-electron chi connectivity index (χ1n) is 6.87. The van der Waals surface area contributed by atoms with Gasteiger partial charge in [-0.25, -0.2) is 0 Å². The number of benzene rings is 1. The average Bonchev–Trinajstić information content (AvgIpc) is 2.45. The predicted molar refractivity (Wildman–Crippen MR) is 79.5 cm³/mol. The molecule has 1 aromatic carbocycles. The highest BCUT2D eigenvalue weighted by Gasteiger charge is 2.27. The van der Waals surface area contributed by atoms with Crippen molar-refractivity contribution in [3.63, 3.8) is 0 Å². The summed E-state index contributed by atoms with van der Waals surface area (Å²) < 4.78 is 5.37. The fourth-order valence-corrected chi connectivity index (χ4v) is 3.01. The molecule has 0 unspecified atom stereocenters. The third kappa shape index (κ3) is 3.87. The molecule has 1 aliphatic rings. The first-order valence-corrected chi connectivity index (χ1v) is 7.24. The first-order chi connectivity index (χ1) is 9.60. The van der Waals surface area contributed by atoms with Gasteiger partial charge in [0, 0.05) is 23.9 Å². The lowest BCUT2D eigenvalue weighted by Gasteiger charge is -2.37. The summed E-state index contributed by atoms with van der Waals surface area (Å²) in [7, 11) is 1.73. The van der Waals surface area contributed by atoms with Crippen LogP contribution in [0.2, 0.25) is 5.02 Å². The Kier molecular flexibility index (Phi) is 5.26. The van der Waals surface area contributed by atoms with Crippen LogP contribution in [0.4, 0.5) is 5.69 Å². The second-order valence-electron chi connectivity index (χ2n) is 5.17. The van der Waals surface area contributed by atoms with E-state index in [4.69, 9.17) is 21.4 Å². The zero-order chi connectivity index (χ0) is 14.5. The maximum absolute atomic E-state index is 11.1. The van der Waals surface area contributed by atoms with Crippen molar-refractivity contribution in [1.82, 2.24) is 0 Å². The van der Waals surface area contributed by atoms with E-state index in [9.17, 15) is 4.79 Å². The molecular formula is C15H20ClNO3. The Labute approximate surface area is 124 Å². The lowest BCUT2D eigenvalue weighted by molar-refractivity contribution is -0.135. The van der Waals surface area contributed by atoms with Crippen LogP contribution in [0.15, 0.2) is 24.3 Å². The maximum atomic E-state index is 11.1. The van der Waals surface area contributed by atoms with E-state index in [1.54, 1.807) is 13.2 Å². The minimum absolute atomic E-state index is 0.00264. The molecule has 1 saturated carbocycles. The Morgan fingerprint density at radius 3 is 2.65 bits per heavy atom. The summed E-state index contributed by atoms with van der Waals surface area (Å²) in [5.74, 6) is -0.821. The zero-order valence-corrected chi connectivity index (χ0v) is 12.3. The highest BCUT2D eigenvalue weighted by Crippen LogP contribution is 2.29. The van der Waals surface area contributed by atoms with Crippen molar-refractivity contribution in [3.05, 3.63) is 29.3 Å². The number of carbonyl (C=O) groups is 1. The van der Waals surface area contributed by atoms with Gasteiger partial charge >= 0.3 is 5.97 Å². The molecule has 0 radical (unpaired) electrons. The SMILES string of the molecule is COC1CCC(N(CC(=O)O)c2cccc(Cl)c2)CC1. The molecular weight excluding hydrogens is 278 g/mol. The molecule has 0 amide bonds. The van der Waals surface area contributed by atoms with Gasteiger partial charge in [0.15, 0.2) is 0 Å². The molecule has 1 aliphatic carbocycles. The van der Waals surface area contributed by atoms with E-state index in [0.717, 1.165) is 31.4 Å². The molecule has 20 heavy (non-hydrogen) atoms. The third-order valence-electron chi connectivity index (χ3n) is 3.86. The van der Waals surface area contributed by atoms with Gasteiger partial charge < -0.3 is 14.7 Å². The molecule has 0 spiro atoms. The zero-order valence-electron chi connectivity index (χ0n) is 11.6. The molecule has 1 aromatic rings. The number of halogens is 1. The van der Waals surface area contributed by atoms with Crippen LogP contribution >= 0.6 is 11.6 Å². The van der Waals surface area contributed by atoms with E-state index in [1.165, 1.54) is 0 Å². The molecule has 0 heterocycles. The molecule has 1 N–H and O–H groups in total. The summed E-state index contributed by atoms with van der Waals surface area (Å²) in [6.45, 7) is 0.00264. The third-order valence-corrected chi connectivity index (χ3v) is 4.10.